The Morgan fingerprint density at radius 2 is 2.12 bits per heavy atom. The largest absolute Gasteiger partial charge is 0.394 e. The Morgan fingerprint density at radius 1 is 1.38 bits per heavy atom. The van der Waals surface area contributed by atoms with Crippen molar-refractivity contribution in [2.24, 2.45) is 0 Å². The van der Waals surface area contributed by atoms with Crippen molar-refractivity contribution in [2.75, 3.05) is 6.61 Å². The molecule has 4 atom stereocenters. The number of aliphatic hydroxyl groups is 3. The lowest BCUT2D eigenvalue weighted by Crippen LogP contribution is -2.32. The summed E-state index contributed by atoms with van der Waals surface area (Å²) >= 11 is 2.09. The molecule has 0 aliphatic carbocycles. The van der Waals surface area contributed by atoms with Crippen LogP contribution in [0.1, 0.15) is 11.8 Å². The summed E-state index contributed by atoms with van der Waals surface area (Å²) < 4.78 is 6.24. The standard InChI is InChI=1S/C10H12INO4/c11-5-2-1-3-12-7(5)10-9(15)8(14)6(4-13)16-10/h1-3,6,8-10,13-15H,4H2/t6-,8-,9-,10?/m1/s1. The molecular formula is C10H12INO4. The van der Waals surface area contributed by atoms with Crippen LogP contribution in [0.15, 0.2) is 18.3 Å². The van der Waals surface area contributed by atoms with Gasteiger partial charge in [-0.25, -0.2) is 0 Å². The fourth-order valence-corrected chi connectivity index (χ4v) is 2.39. The number of hydrogen-bond acceptors (Lipinski definition) is 5. The van der Waals surface area contributed by atoms with Crippen molar-refractivity contribution in [3.63, 3.8) is 0 Å². The molecule has 0 spiro atoms. The van der Waals surface area contributed by atoms with E-state index in [2.05, 4.69) is 27.6 Å². The average molecular weight is 337 g/mol. The van der Waals surface area contributed by atoms with Crippen molar-refractivity contribution in [3.8, 4) is 0 Å². The number of ether oxygens (including phenoxy) is 1. The summed E-state index contributed by atoms with van der Waals surface area (Å²) in [6, 6.07) is 3.63. The summed E-state index contributed by atoms with van der Waals surface area (Å²) in [7, 11) is 0. The lowest BCUT2D eigenvalue weighted by Gasteiger charge is -2.15. The smallest absolute Gasteiger partial charge is 0.130 e. The van der Waals surface area contributed by atoms with Crippen LogP contribution in [0, 0.1) is 3.57 Å². The van der Waals surface area contributed by atoms with Gasteiger partial charge in [0.2, 0.25) is 0 Å². The molecule has 0 aromatic carbocycles. The summed E-state index contributed by atoms with van der Waals surface area (Å²) in [5.41, 5.74) is 0.589. The maximum atomic E-state index is 9.81. The highest BCUT2D eigenvalue weighted by atomic mass is 127. The van der Waals surface area contributed by atoms with Crippen LogP contribution in [0.3, 0.4) is 0 Å². The molecule has 1 unspecified atom stereocenters. The SMILES string of the molecule is OC[C@H]1OC(c2ncccc2I)[C@H](O)[C@@H]1O. The van der Waals surface area contributed by atoms with Gasteiger partial charge in [-0.05, 0) is 34.7 Å². The molecule has 1 saturated heterocycles. The lowest BCUT2D eigenvalue weighted by molar-refractivity contribution is -0.0241. The third-order valence-electron chi connectivity index (χ3n) is 2.60. The molecule has 3 N–H and O–H groups in total. The molecule has 1 aliphatic heterocycles. The second kappa shape index (κ2) is 4.92. The number of aliphatic hydroxyl groups excluding tert-OH is 3. The van der Waals surface area contributed by atoms with Crippen molar-refractivity contribution < 1.29 is 20.1 Å². The molecule has 1 fully saturated rings. The Hall–Kier alpha value is -0.280. The van der Waals surface area contributed by atoms with Gasteiger partial charge in [-0.1, -0.05) is 0 Å². The van der Waals surface area contributed by atoms with Crippen LogP contribution in [0.4, 0.5) is 0 Å². The van der Waals surface area contributed by atoms with E-state index in [1.165, 1.54) is 0 Å². The minimum absolute atomic E-state index is 0.321. The van der Waals surface area contributed by atoms with Crippen molar-refractivity contribution in [3.05, 3.63) is 27.6 Å². The van der Waals surface area contributed by atoms with Crippen LogP contribution in [0.2, 0.25) is 0 Å². The van der Waals surface area contributed by atoms with E-state index in [1.807, 2.05) is 6.07 Å². The summed E-state index contributed by atoms with van der Waals surface area (Å²) in [6.45, 7) is -0.321. The Bertz CT molecular complexity index is 376. The zero-order chi connectivity index (χ0) is 11.7. The Balaban J connectivity index is 2.26. The summed E-state index contributed by atoms with van der Waals surface area (Å²) in [4.78, 5) is 4.13. The van der Waals surface area contributed by atoms with Gasteiger partial charge in [-0.2, -0.15) is 0 Å². The number of halogens is 1. The number of rotatable bonds is 2. The van der Waals surface area contributed by atoms with Crippen LogP contribution in [-0.4, -0.2) is 45.2 Å². The highest BCUT2D eigenvalue weighted by Gasteiger charge is 2.44. The lowest BCUT2D eigenvalue weighted by atomic mass is 10.1. The molecule has 16 heavy (non-hydrogen) atoms. The van der Waals surface area contributed by atoms with Crippen molar-refractivity contribution >= 4 is 22.6 Å². The van der Waals surface area contributed by atoms with E-state index in [1.54, 1.807) is 12.3 Å². The van der Waals surface area contributed by atoms with Gasteiger partial charge in [0.05, 0.1) is 12.3 Å². The topological polar surface area (TPSA) is 82.8 Å². The van der Waals surface area contributed by atoms with Crippen LogP contribution >= 0.6 is 22.6 Å². The minimum Gasteiger partial charge on any atom is -0.394 e. The van der Waals surface area contributed by atoms with E-state index in [-0.39, 0.29) is 6.61 Å². The fraction of sp³-hybridized carbons (Fsp3) is 0.500. The highest BCUT2D eigenvalue weighted by Crippen LogP contribution is 2.34. The van der Waals surface area contributed by atoms with Crippen molar-refractivity contribution in [1.29, 1.82) is 0 Å². The first-order valence-electron chi connectivity index (χ1n) is 4.88. The maximum absolute atomic E-state index is 9.81. The Morgan fingerprint density at radius 3 is 2.69 bits per heavy atom. The van der Waals surface area contributed by atoms with Gasteiger partial charge in [0.25, 0.3) is 0 Å². The number of pyridine rings is 1. The van der Waals surface area contributed by atoms with Gasteiger partial charge in [-0.15, -0.1) is 0 Å². The van der Waals surface area contributed by atoms with E-state index in [0.29, 0.717) is 5.69 Å². The van der Waals surface area contributed by atoms with Crippen molar-refractivity contribution in [1.82, 2.24) is 4.98 Å². The van der Waals surface area contributed by atoms with Gasteiger partial charge in [-0.3, -0.25) is 4.98 Å². The van der Waals surface area contributed by atoms with Gasteiger partial charge >= 0.3 is 0 Å². The van der Waals surface area contributed by atoms with Gasteiger partial charge in [0, 0.05) is 9.77 Å². The summed E-state index contributed by atoms with van der Waals surface area (Å²) in [5, 5.41) is 28.4. The molecule has 5 nitrogen and oxygen atoms in total. The first-order chi connectivity index (χ1) is 7.65. The quantitative estimate of drug-likeness (QED) is 0.654. The second-order valence-electron chi connectivity index (χ2n) is 3.63. The number of hydrogen-bond donors (Lipinski definition) is 3. The first-order valence-corrected chi connectivity index (χ1v) is 5.96. The van der Waals surface area contributed by atoms with E-state index < -0.39 is 24.4 Å². The third kappa shape index (κ3) is 2.07. The zero-order valence-corrected chi connectivity index (χ0v) is 10.5. The molecule has 6 heteroatoms. The molecule has 1 aromatic rings. The minimum atomic E-state index is -1.08. The van der Waals surface area contributed by atoms with Gasteiger partial charge in [0.1, 0.15) is 24.4 Å². The molecule has 2 heterocycles. The predicted molar refractivity (Wildman–Crippen MR) is 63.7 cm³/mol. The van der Waals surface area contributed by atoms with Crippen LogP contribution < -0.4 is 0 Å². The Labute approximate surface area is 106 Å². The first kappa shape index (κ1) is 12.2. The van der Waals surface area contributed by atoms with E-state index in [4.69, 9.17) is 9.84 Å². The molecule has 88 valence electrons. The zero-order valence-electron chi connectivity index (χ0n) is 8.32. The maximum Gasteiger partial charge on any atom is 0.130 e. The summed E-state index contributed by atoms with van der Waals surface area (Å²) in [6.07, 6.45) is -1.96. The van der Waals surface area contributed by atoms with E-state index in [0.717, 1.165) is 3.57 Å². The number of nitrogens with zero attached hydrogens (tertiary/aromatic N) is 1. The Kier molecular flexibility index (Phi) is 3.75. The molecule has 2 rings (SSSR count). The summed E-state index contributed by atoms with van der Waals surface area (Å²) in [5.74, 6) is 0. The molecule has 0 bridgehead atoms. The average Bonchev–Trinajstić information content (AvgIpc) is 2.57. The third-order valence-corrected chi connectivity index (χ3v) is 3.51. The normalized spacial score (nSPS) is 34.2. The van der Waals surface area contributed by atoms with Crippen LogP contribution in [-0.2, 0) is 4.74 Å². The highest BCUT2D eigenvalue weighted by molar-refractivity contribution is 14.1. The molecule has 0 amide bonds. The van der Waals surface area contributed by atoms with Gasteiger partial charge < -0.3 is 20.1 Å². The van der Waals surface area contributed by atoms with E-state index >= 15 is 0 Å². The van der Waals surface area contributed by atoms with Crippen LogP contribution in [0.5, 0.6) is 0 Å². The predicted octanol–water partition coefficient (Wildman–Crippen LogP) is -0.160. The van der Waals surface area contributed by atoms with Crippen LogP contribution in [0.25, 0.3) is 0 Å². The second-order valence-corrected chi connectivity index (χ2v) is 4.79. The van der Waals surface area contributed by atoms with Gasteiger partial charge in [0.15, 0.2) is 0 Å². The molecular weight excluding hydrogens is 325 g/mol. The molecule has 1 aliphatic rings. The number of aromatic nitrogens is 1. The van der Waals surface area contributed by atoms with Crippen molar-refractivity contribution in [2.45, 2.75) is 24.4 Å². The molecule has 1 aromatic heterocycles. The monoisotopic (exact) mass is 337 g/mol. The molecule has 0 saturated carbocycles. The fourth-order valence-electron chi connectivity index (χ4n) is 1.73. The molecule has 0 radical (unpaired) electrons. The van der Waals surface area contributed by atoms with E-state index in [9.17, 15) is 10.2 Å².